The Morgan fingerprint density at radius 2 is 1.94 bits per heavy atom. The molecule has 2 rings (SSSR count). The second-order valence-corrected chi connectivity index (χ2v) is 4.25. The van der Waals surface area contributed by atoms with Crippen LogP contribution in [-0.4, -0.2) is 20.2 Å². The summed E-state index contributed by atoms with van der Waals surface area (Å²) in [4.78, 5) is 0. The van der Waals surface area contributed by atoms with Crippen LogP contribution in [0.15, 0.2) is 53.1 Å². The number of nitrogens with one attached hydrogen (secondary N) is 1. The van der Waals surface area contributed by atoms with E-state index in [4.69, 9.17) is 9.15 Å². The highest BCUT2D eigenvalue weighted by molar-refractivity contribution is 5.20. The first-order valence-electron chi connectivity index (χ1n) is 6.12. The molecule has 0 fully saturated rings. The molecule has 0 aliphatic rings. The van der Waals surface area contributed by atoms with Crippen LogP contribution in [0.4, 0.5) is 0 Å². The monoisotopic (exact) mass is 245 g/mol. The largest absolute Gasteiger partial charge is 0.469 e. The Morgan fingerprint density at radius 1 is 1.17 bits per heavy atom. The van der Waals surface area contributed by atoms with Crippen molar-refractivity contribution in [2.24, 2.45) is 0 Å². The van der Waals surface area contributed by atoms with E-state index < -0.39 is 0 Å². The molecule has 18 heavy (non-hydrogen) atoms. The number of furan rings is 1. The van der Waals surface area contributed by atoms with Crippen molar-refractivity contribution in [1.29, 1.82) is 0 Å². The van der Waals surface area contributed by atoms with E-state index in [1.54, 1.807) is 13.4 Å². The highest BCUT2D eigenvalue weighted by Crippen LogP contribution is 2.23. The summed E-state index contributed by atoms with van der Waals surface area (Å²) in [5.74, 6) is 0.965. The van der Waals surface area contributed by atoms with Crippen LogP contribution >= 0.6 is 0 Å². The lowest BCUT2D eigenvalue weighted by molar-refractivity contribution is 0.0687. The second kappa shape index (κ2) is 6.38. The molecule has 3 nitrogen and oxygen atoms in total. The van der Waals surface area contributed by atoms with E-state index in [1.807, 2.05) is 37.4 Å². The maximum absolute atomic E-state index is 5.63. The predicted octanol–water partition coefficient (Wildman–Crippen LogP) is 2.80. The van der Waals surface area contributed by atoms with Crippen LogP contribution in [0.2, 0.25) is 0 Å². The minimum atomic E-state index is 0.0151. The van der Waals surface area contributed by atoms with Gasteiger partial charge >= 0.3 is 0 Å². The summed E-state index contributed by atoms with van der Waals surface area (Å²) in [5, 5.41) is 3.30. The van der Waals surface area contributed by atoms with Crippen molar-refractivity contribution in [3.05, 3.63) is 60.1 Å². The molecule has 1 heterocycles. The Hall–Kier alpha value is -1.58. The van der Waals surface area contributed by atoms with Crippen LogP contribution in [0.3, 0.4) is 0 Å². The first-order valence-corrected chi connectivity index (χ1v) is 6.12. The summed E-state index contributed by atoms with van der Waals surface area (Å²) in [5.41, 5.74) is 1.17. The predicted molar refractivity (Wildman–Crippen MR) is 71.5 cm³/mol. The van der Waals surface area contributed by atoms with E-state index in [0.717, 1.165) is 12.2 Å². The molecule has 0 spiro atoms. The minimum absolute atomic E-state index is 0.0151. The zero-order chi connectivity index (χ0) is 12.8. The Balaban J connectivity index is 2.14. The third-order valence-corrected chi connectivity index (χ3v) is 3.12. The summed E-state index contributed by atoms with van der Waals surface area (Å²) in [6.45, 7) is 0. The summed E-state index contributed by atoms with van der Waals surface area (Å²) in [7, 11) is 3.69. The number of ether oxygens (including phenoxy) is 1. The first-order chi connectivity index (χ1) is 8.85. The third-order valence-electron chi connectivity index (χ3n) is 3.12. The SMILES string of the molecule is CNC(Cc1ccco1)C(OC)c1ccccc1. The van der Waals surface area contributed by atoms with Gasteiger partial charge in [0.2, 0.25) is 0 Å². The van der Waals surface area contributed by atoms with Crippen LogP contribution < -0.4 is 5.32 Å². The van der Waals surface area contributed by atoms with Gasteiger partial charge in [-0.2, -0.15) is 0 Å². The van der Waals surface area contributed by atoms with Gasteiger partial charge in [0, 0.05) is 19.6 Å². The van der Waals surface area contributed by atoms with Crippen LogP contribution in [0.5, 0.6) is 0 Å². The van der Waals surface area contributed by atoms with E-state index in [-0.39, 0.29) is 12.1 Å². The topological polar surface area (TPSA) is 34.4 Å². The smallest absolute Gasteiger partial charge is 0.105 e. The van der Waals surface area contributed by atoms with Crippen molar-refractivity contribution in [3.8, 4) is 0 Å². The molecule has 0 saturated heterocycles. The van der Waals surface area contributed by atoms with Crippen LogP contribution in [0, 0.1) is 0 Å². The molecule has 1 aromatic heterocycles. The molecule has 0 aliphatic carbocycles. The number of methoxy groups -OCH3 is 1. The van der Waals surface area contributed by atoms with Gasteiger partial charge in [0.25, 0.3) is 0 Å². The lowest BCUT2D eigenvalue weighted by atomic mass is 9.98. The lowest BCUT2D eigenvalue weighted by Crippen LogP contribution is -2.35. The molecular formula is C15H19NO2. The molecule has 0 bridgehead atoms. The van der Waals surface area contributed by atoms with E-state index in [9.17, 15) is 0 Å². The highest BCUT2D eigenvalue weighted by Gasteiger charge is 2.22. The fourth-order valence-electron chi connectivity index (χ4n) is 2.18. The second-order valence-electron chi connectivity index (χ2n) is 4.25. The van der Waals surface area contributed by atoms with E-state index in [0.29, 0.717) is 0 Å². The average Bonchev–Trinajstić information content (AvgIpc) is 2.92. The van der Waals surface area contributed by atoms with E-state index in [1.165, 1.54) is 5.56 Å². The van der Waals surface area contributed by atoms with Gasteiger partial charge in [-0.05, 0) is 24.7 Å². The number of hydrogen-bond acceptors (Lipinski definition) is 3. The third kappa shape index (κ3) is 3.00. The molecule has 0 saturated carbocycles. The van der Waals surface area contributed by atoms with Gasteiger partial charge in [0.15, 0.2) is 0 Å². The van der Waals surface area contributed by atoms with Crippen molar-refractivity contribution < 1.29 is 9.15 Å². The van der Waals surface area contributed by atoms with Gasteiger partial charge in [0.05, 0.1) is 12.4 Å². The highest BCUT2D eigenvalue weighted by atomic mass is 16.5. The van der Waals surface area contributed by atoms with Crippen molar-refractivity contribution >= 4 is 0 Å². The van der Waals surface area contributed by atoms with Crippen molar-refractivity contribution in [2.45, 2.75) is 18.6 Å². The average molecular weight is 245 g/mol. The first kappa shape index (κ1) is 12.9. The number of hydrogen-bond donors (Lipinski definition) is 1. The van der Waals surface area contributed by atoms with Gasteiger partial charge in [-0.3, -0.25) is 0 Å². The minimum Gasteiger partial charge on any atom is -0.469 e. The van der Waals surface area contributed by atoms with Gasteiger partial charge in [-0.1, -0.05) is 30.3 Å². The summed E-state index contributed by atoms with van der Waals surface area (Å²) in [6.07, 6.45) is 2.52. The molecule has 2 aromatic rings. The Labute approximate surface area is 108 Å². The van der Waals surface area contributed by atoms with Crippen molar-refractivity contribution in [1.82, 2.24) is 5.32 Å². The Morgan fingerprint density at radius 3 is 2.50 bits per heavy atom. The Kier molecular flexibility index (Phi) is 4.56. The standard InChI is InChI=1S/C15H19NO2/c1-16-14(11-13-9-6-10-18-13)15(17-2)12-7-4-3-5-8-12/h3-10,14-16H,11H2,1-2H3. The molecule has 1 N–H and O–H groups in total. The zero-order valence-electron chi connectivity index (χ0n) is 10.8. The zero-order valence-corrected chi connectivity index (χ0v) is 10.8. The maximum atomic E-state index is 5.63. The van der Waals surface area contributed by atoms with Crippen LogP contribution in [0.1, 0.15) is 17.4 Å². The molecule has 0 aliphatic heterocycles. The lowest BCUT2D eigenvalue weighted by Gasteiger charge is -2.25. The summed E-state index contributed by atoms with van der Waals surface area (Å²) >= 11 is 0. The van der Waals surface area contributed by atoms with Gasteiger partial charge in [-0.15, -0.1) is 0 Å². The Bertz CT molecular complexity index is 439. The molecule has 3 heteroatoms. The number of rotatable bonds is 6. The normalized spacial score (nSPS) is 14.3. The van der Waals surface area contributed by atoms with Crippen LogP contribution in [-0.2, 0) is 11.2 Å². The summed E-state index contributed by atoms with van der Waals surface area (Å²) in [6, 6.07) is 14.3. The molecule has 1 aromatic carbocycles. The van der Waals surface area contributed by atoms with Gasteiger partial charge in [-0.25, -0.2) is 0 Å². The fraction of sp³-hybridized carbons (Fsp3) is 0.333. The number of benzene rings is 1. The molecule has 96 valence electrons. The van der Waals surface area contributed by atoms with Crippen LogP contribution in [0.25, 0.3) is 0 Å². The molecule has 2 unspecified atom stereocenters. The van der Waals surface area contributed by atoms with E-state index in [2.05, 4.69) is 17.4 Å². The maximum Gasteiger partial charge on any atom is 0.105 e. The molecular weight excluding hydrogens is 226 g/mol. The fourth-order valence-corrected chi connectivity index (χ4v) is 2.18. The van der Waals surface area contributed by atoms with Gasteiger partial charge < -0.3 is 14.5 Å². The van der Waals surface area contributed by atoms with Gasteiger partial charge in [0.1, 0.15) is 5.76 Å². The molecule has 2 atom stereocenters. The van der Waals surface area contributed by atoms with Crippen molar-refractivity contribution in [3.63, 3.8) is 0 Å². The summed E-state index contributed by atoms with van der Waals surface area (Å²) < 4.78 is 11.0. The quantitative estimate of drug-likeness (QED) is 0.849. The molecule has 0 amide bonds. The number of likely N-dealkylation sites (N-methyl/N-ethyl adjacent to an activating group) is 1. The van der Waals surface area contributed by atoms with E-state index >= 15 is 0 Å². The molecule has 0 radical (unpaired) electrons. The van der Waals surface area contributed by atoms with Crippen molar-refractivity contribution in [2.75, 3.05) is 14.2 Å².